The molecule has 0 aliphatic carbocycles. The molecule has 0 bridgehead atoms. The molecule has 0 unspecified atom stereocenters. The summed E-state index contributed by atoms with van der Waals surface area (Å²) in [5.41, 5.74) is 5.87. The van der Waals surface area contributed by atoms with Gasteiger partial charge in [-0.05, 0) is 63.5 Å². The van der Waals surface area contributed by atoms with Crippen molar-refractivity contribution in [3.05, 3.63) is 58.4 Å². The molecule has 2 atom stereocenters. The number of benzene rings is 1. The minimum atomic E-state index is -0.00692. The number of amides is 1. The molecule has 2 aliphatic rings. The van der Waals surface area contributed by atoms with Crippen LogP contribution in [0.3, 0.4) is 0 Å². The number of hydrogen-bond acceptors (Lipinski definition) is 4. The van der Waals surface area contributed by atoms with Crippen molar-refractivity contribution < 1.29 is 4.79 Å². The van der Waals surface area contributed by atoms with Gasteiger partial charge in [0.25, 0.3) is 5.91 Å². The summed E-state index contributed by atoms with van der Waals surface area (Å²) in [4.78, 5) is 23.0. The Bertz CT molecular complexity index is 1150. The SMILES string of the molecule is Cc1cn2nc([C@@H]3CCCCN3C(=O)c3c(C)cccc3C)cc2nc1N1CC[C@H](C)C1. The van der Waals surface area contributed by atoms with Crippen LogP contribution in [0.4, 0.5) is 5.82 Å². The van der Waals surface area contributed by atoms with E-state index in [9.17, 15) is 4.79 Å². The molecular weight excluding hydrogens is 398 g/mol. The van der Waals surface area contributed by atoms with Crippen molar-refractivity contribution in [2.75, 3.05) is 24.5 Å². The standard InChI is InChI=1S/C26H33N5O/c1-17-11-13-29(15-17)25-20(4)16-31-23(27-25)14-21(28-31)22-10-5-6-12-30(22)26(32)24-18(2)8-7-9-19(24)3/h7-9,14,16-17,22H,5-6,10-13,15H2,1-4H3/t17-,22-/m0/s1. The molecule has 1 aromatic carbocycles. The van der Waals surface area contributed by atoms with E-state index in [2.05, 4.69) is 31.0 Å². The molecule has 168 valence electrons. The lowest BCUT2D eigenvalue weighted by atomic mass is 9.95. The van der Waals surface area contributed by atoms with Crippen molar-refractivity contribution in [3.8, 4) is 0 Å². The summed E-state index contributed by atoms with van der Waals surface area (Å²) in [6, 6.07) is 8.15. The Morgan fingerprint density at radius 3 is 2.53 bits per heavy atom. The number of nitrogens with zero attached hydrogens (tertiary/aromatic N) is 5. The van der Waals surface area contributed by atoms with E-state index in [1.165, 1.54) is 6.42 Å². The predicted octanol–water partition coefficient (Wildman–Crippen LogP) is 4.87. The Morgan fingerprint density at radius 1 is 1.03 bits per heavy atom. The maximum atomic E-state index is 13.6. The third-order valence-electron chi connectivity index (χ3n) is 7.15. The van der Waals surface area contributed by atoms with Crippen LogP contribution < -0.4 is 4.90 Å². The molecule has 0 N–H and O–H groups in total. The zero-order valence-electron chi connectivity index (χ0n) is 19.6. The average Bonchev–Trinajstić information content (AvgIpc) is 3.38. The quantitative estimate of drug-likeness (QED) is 0.594. The summed E-state index contributed by atoms with van der Waals surface area (Å²) in [5.74, 6) is 1.90. The van der Waals surface area contributed by atoms with Crippen molar-refractivity contribution in [1.82, 2.24) is 19.5 Å². The third-order valence-corrected chi connectivity index (χ3v) is 7.15. The van der Waals surface area contributed by atoms with Crippen molar-refractivity contribution >= 4 is 17.4 Å². The average molecular weight is 432 g/mol. The van der Waals surface area contributed by atoms with Crippen LogP contribution in [0.1, 0.15) is 71.4 Å². The van der Waals surface area contributed by atoms with Crippen LogP contribution in [0.25, 0.3) is 5.65 Å². The van der Waals surface area contributed by atoms with Crippen LogP contribution in [-0.2, 0) is 0 Å². The number of anilines is 1. The number of hydrogen-bond donors (Lipinski definition) is 0. The molecule has 4 heterocycles. The molecular formula is C26H33N5O. The number of rotatable bonds is 3. The summed E-state index contributed by atoms with van der Waals surface area (Å²) < 4.78 is 1.89. The zero-order valence-corrected chi connectivity index (χ0v) is 19.6. The molecule has 0 radical (unpaired) electrons. The van der Waals surface area contributed by atoms with Gasteiger partial charge in [0, 0.05) is 43.0 Å². The van der Waals surface area contributed by atoms with Crippen LogP contribution in [-0.4, -0.2) is 45.0 Å². The topological polar surface area (TPSA) is 53.7 Å². The van der Waals surface area contributed by atoms with Gasteiger partial charge < -0.3 is 9.80 Å². The Kier molecular flexibility index (Phi) is 5.39. The largest absolute Gasteiger partial charge is 0.356 e. The van der Waals surface area contributed by atoms with Gasteiger partial charge in [-0.15, -0.1) is 0 Å². The summed E-state index contributed by atoms with van der Waals surface area (Å²) >= 11 is 0. The molecule has 2 fully saturated rings. The summed E-state index contributed by atoms with van der Waals surface area (Å²) in [6.07, 6.45) is 6.39. The lowest BCUT2D eigenvalue weighted by molar-refractivity contribution is 0.0604. The molecule has 5 rings (SSSR count). The van der Waals surface area contributed by atoms with E-state index < -0.39 is 0 Å². The van der Waals surface area contributed by atoms with E-state index in [4.69, 9.17) is 10.1 Å². The highest BCUT2D eigenvalue weighted by atomic mass is 16.2. The highest BCUT2D eigenvalue weighted by molar-refractivity contribution is 5.97. The monoisotopic (exact) mass is 431 g/mol. The van der Waals surface area contributed by atoms with Crippen LogP contribution in [0.15, 0.2) is 30.5 Å². The maximum Gasteiger partial charge on any atom is 0.254 e. The third kappa shape index (κ3) is 3.65. The molecule has 1 amide bonds. The van der Waals surface area contributed by atoms with E-state index in [0.29, 0.717) is 5.92 Å². The second-order valence-corrected chi connectivity index (χ2v) is 9.74. The van der Waals surface area contributed by atoms with E-state index in [0.717, 1.165) is 78.3 Å². The molecule has 2 saturated heterocycles. The number of carbonyl (C=O) groups is 1. The van der Waals surface area contributed by atoms with Gasteiger partial charge in [0.2, 0.25) is 0 Å². The number of aryl methyl sites for hydroxylation is 3. The highest BCUT2D eigenvalue weighted by Crippen LogP contribution is 2.33. The fraction of sp³-hybridized carbons (Fsp3) is 0.500. The van der Waals surface area contributed by atoms with Crippen LogP contribution in [0.2, 0.25) is 0 Å². The fourth-order valence-electron chi connectivity index (χ4n) is 5.41. The number of piperidine rings is 1. The van der Waals surface area contributed by atoms with Gasteiger partial charge in [-0.3, -0.25) is 4.79 Å². The second kappa shape index (κ2) is 8.23. The Morgan fingerprint density at radius 2 is 1.81 bits per heavy atom. The molecule has 6 heteroatoms. The van der Waals surface area contributed by atoms with Crippen molar-refractivity contribution in [2.24, 2.45) is 5.92 Å². The first-order chi connectivity index (χ1) is 15.4. The minimum Gasteiger partial charge on any atom is -0.356 e. The number of likely N-dealkylation sites (tertiary alicyclic amines) is 1. The van der Waals surface area contributed by atoms with E-state index in [1.54, 1.807) is 0 Å². The summed E-state index contributed by atoms with van der Waals surface area (Å²) in [6.45, 7) is 11.4. The zero-order chi connectivity index (χ0) is 22.4. The van der Waals surface area contributed by atoms with Gasteiger partial charge in [-0.25, -0.2) is 9.50 Å². The Balaban J connectivity index is 1.49. The van der Waals surface area contributed by atoms with Crippen molar-refractivity contribution in [3.63, 3.8) is 0 Å². The van der Waals surface area contributed by atoms with Gasteiger partial charge in [0.05, 0.1) is 11.7 Å². The highest BCUT2D eigenvalue weighted by Gasteiger charge is 2.32. The van der Waals surface area contributed by atoms with E-state index in [1.807, 2.05) is 41.5 Å². The first-order valence-electron chi connectivity index (χ1n) is 11.9. The van der Waals surface area contributed by atoms with Crippen LogP contribution in [0, 0.1) is 26.7 Å². The van der Waals surface area contributed by atoms with Gasteiger partial charge in [-0.1, -0.05) is 25.1 Å². The normalized spacial score (nSPS) is 21.5. The van der Waals surface area contributed by atoms with Gasteiger partial charge in [0.1, 0.15) is 5.82 Å². The van der Waals surface area contributed by atoms with Crippen molar-refractivity contribution in [2.45, 2.75) is 59.4 Å². The van der Waals surface area contributed by atoms with Gasteiger partial charge in [0.15, 0.2) is 5.65 Å². The van der Waals surface area contributed by atoms with Gasteiger partial charge in [-0.2, -0.15) is 5.10 Å². The molecule has 2 aromatic heterocycles. The number of carbonyl (C=O) groups excluding carboxylic acids is 1. The molecule has 0 spiro atoms. The smallest absolute Gasteiger partial charge is 0.254 e. The lowest BCUT2D eigenvalue weighted by Crippen LogP contribution is -2.39. The molecule has 2 aliphatic heterocycles. The lowest BCUT2D eigenvalue weighted by Gasteiger charge is -2.35. The number of aromatic nitrogens is 3. The number of fused-ring (bicyclic) bond motifs is 1. The second-order valence-electron chi connectivity index (χ2n) is 9.74. The molecule has 3 aromatic rings. The molecule has 0 saturated carbocycles. The maximum absolute atomic E-state index is 13.6. The van der Waals surface area contributed by atoms with Crippen LogP contribution >= 0.6 is 0 Å². The van der Waals surface area contributed by atoms with E-state index >= 15 is 0 Å². The fourth-order valence-corrected chi connectivity index (χ4v) is 5.41. The first kappa shape index (κ1) is 21.0. The van der Waals surface area contributed by atoms with E-state index in [-0.39, 0.29) is 11.9 Å². The minimum absolute atomic E-state index is 0.00692. The summed E-state index contributed by atoms with van der Waals surface area (Å²) in [5, 5.41) is 4.89. The Hall–Kier alpha value is -2.89. The van der Waals surface area contributed by atoms with Gasteiger partial charge >= 0.3 is 0 Å². The predicted molar refractivity (Wildman–Crippen MR) is 127 cm³/mol. The molecule has 6 nitrogen and oxygen atoms in total. The first-order valence-corrected chi connectivity index (χ1v) is 11.9. The summed E-state index contributed by atoms with van der Waals surface area (Å²) in [7, 11) is 0. The molecule has 32 heavy (non-hydrogen) atoms. The Labute approximate surface area is 190 Å². The van der Waals surface area contributed by atoms with Crippen LogP contribution in [0.5, 0.6) is 0 Å². The van der Waals surface area contributed by atoms with Crippen molar-refractivity contribution in [1.29, 1.82) is 0 Å².